The number of benzene rings is 2. The van der Waals surface area contributed by atoms with Crippen LogP contribution in [0.3, 0.4) is 0 Å². The van der Waals surface area contributed by atoms with Gasteiger partial charge >= 0.3 is 0 Å². The normalized spacial score (nSPS) is 13.3. The molecular weight excluding hydrogens is 260 g/mol. The maximum atomic E-state index is 10.4. The smallest absolute Gasteiger partial charge is 0.148 e. The van der Waals surface area contributed by atoms with Crippen molar-refractivity contribution < 1.29 is 9.84 Å². The third kappa shape index (κ3) is 3.98. The lowest BCUT2D eigenvalue weighted by atomic mass is 9.97. The zero-order valence-corrected chi connectivity index (χ0v) is 12.2. The molecule has 2 aromatic carbocycles. The van der Waals surface area contributed by atoms with E-state index in [-0.39, 0.29) is 0 Å². The lowest BCUT2D eigenvalue weighted by molar-refractivity contribution is 0.122. The summed E-state index contributed by atoms with van der Waals surface area (Å²) in [7, 11) is 1.64. The van der Waals surface area contributed by atoms with Crippen molar-refractivity contribution in [2.45, 2.75) is 12.5 Å². The van der Waals surface area contributed by atoms with E-state index in [1.165, 1.54) is 0 Å². The highest BCUT2D eigenvalue weighted by molar-refractivity contribution is 5.59. The van der Waals surface area contributed by atoms with E-state index in [1.54, 1.807) is 20.1 Å². The fraction of sp³-hybridized carbons (Fsp3) is 0.158. The number of hydrogen-bond acceptors (Lipinski definition) is 2. The van der Waals surface area contributed by atoms with Gasteiger partial charge in [0.05, 0.1) is 7.11 Å². The van der Waals surface area contributed by atoms with Crippen LogP contribution in [0, 0.1) is 11.8 Å². The fourth-order valence-corrected chi connectivity index (χ4v) is 1.95. The second-order valence-electron chi connectivity index (χ2n) is 4.78. The molecular formula is C19H18O2. The third-order valence-electron chi connectivity index (χ3n) is 3.14. The predicted octanol–water partition coefficient (Wildman–Crippen LogP) is 3.62. The van der Waals surface area contributed by atoms with Crippen molar-refractivity contribution in [1.29, 1.82) is 0 Å². The quantitative estimate of drug-likeness (QED) is 0.869. The van der Waals surface area contributed by atoms with Gasteiger partial charge in [-0.3, -0.25) is 0 Å². The lowest BCUT2D eigenvalue weighted by Crippen LogP contribution is -2.17. The molecule has 2 nitrogen and oxygen atoms in total. The zero-order chi connectivity index (χ0) is 15.1. The first-order valence-corrected chi connectivity index (χ1v) is 6.73. The molecule has 2 heteroatoms. The summed E-state index contributed by atoms with van der Waals surface area (Å²) in [4.78, 5) is 0. The minimum atomic E-state index is -1.16. The summed E-state index contributed by atoms with van der Waals surface area (Å²) in [6.45, 7) is 1.69. The minimum Gasteiger partial charge on any atom is -0.496 e. The molecule has 0 fully saturated rings. The van der Waals surface area contributed by atoms with E-state index in [1.807, 2.05) is 60.7 Å². The Balaban J connectivity index is 2.15. The Bertz CT molecular complexity index is 673. The SMILES string of the molecule is COc1ccccc1/C=C\C#C[C@](C)(O)c1ccccc1. The molecule has 1 N–H and O–H groups in total. The van der Waals surface area contributed by atoms with Gasteiger partial charge in [0.2, 0.25) is 0 Å². The van der Waals surface area contributed by atoms with Crippen LogP contribution in [0.1, 0.15) is 18.1 Å². The first-order chi connectivity index (χ1) is 10.1. The number of aliphatic hydroxyl groups is 1. The number of methoxy groups -OCH3 is 1. The molecule has 0 heterocycles. The van der Waals surface area contributed by atoms with Crippen LogP contribution in [0.15, 0.2) is 60.7 Å². The van der Waals surface area contributed by atoms with Crippen molar-refractivity contribution in [3.63, 3.8) is 0 Å². The molecule has 0 saturated carbocycles. The Kier molecular flexibility index (Phi) is 4.81. The van der Waals surface area contributed by atoms with Gasteiger partial charge in [0, 0.05) is 5.56 Å². The van der Waals surface area contributed by atoms with Crippen LogP contribution in [-0.4, -0.2) is 12.2 Å². The molecule has 0 spiro atoms. The highest BCUT2D eigenvalue weighted by atomic mass is 16.5. The molecule has 106 valence electrons. The van der Waals surface area contributed by atoms with E-state index < -0.39 is 5.60 Å². The van der Waals surface area contributed by atoms with Gasteiger partial charge in [0.15, 0.2) is 0 Å². The molecule has 2 rings (SSSR count). The Morgan fingerprint density at radius 2 is 1.71 bits per heavy atom. The molecule has 0 radical (unpaired) electrons. The monoisotopic (exact) mass is 278 g/mol. The van der Waals surface area contributed by atoms with Gasteiger partial charge in [-0.1, -0.05) is 60.4 Å². The van der Waals surface area contributed by atoms with Gasteiger partial charge in [-0.15, -0.1) is 0 Å². The molecule has 2 aromatic rings. The van der Waals surface area contributed by atoms with E-state index in [0.717, 1.165) is 16.9 Å². The second kappa shape index (κ2) is 6.78. The second-order valence-corrected chi connectivity index (χ2v) is 4.78. The van der Waals surface area contributed by atoms with Crippen LogP contribution in [0.25, 0.3) is 6.08 Å². The Morgan fingerprint density at radius 3 is 2.43 bits per heavy atom. The summed E-state index contributed by atoms with van der Waals surface area (Å²) in [5, 5.41) is 10.4. The van der Waals surface area contributed by atoms with E-state index in [2.05, 4.69) is 11.8 Å². The number of hydrogen-bond donors (Lipinski definition) is 1. The summed E-state index contributed by atoms with van der Waals surface area (Å²) in [5.41, 5.74) is 0.573. The maximum Gasteiger partial charge on any atom is 0.148 e. The summed E-state index contributed by atoms with van der Waals surface area (Å²) in [5.74, 6) is 6.55. The zero-order valence-electron chi connectivity index (χ0n) is 12.2. The predicted molar refractivity (Wildman–Crippen MR) is 85.8 cm³/mol. The van der Waals surface area contributed by atoms with Crippen LogP contribution in [-0.2, 0) is 5.60 Å². The van der Waals surface area contributed by atoms with Gasteiger partial charge in [-0.05, 0) is 30.7 Å². The van der Waals surface area contributed by atoms with Crippen molar-refractivity contribution >= 4 is 6.08 Å². The first-order valence-electron chi connectivity index (χ1n) is 6.73. The van der Waals surface area contributed by atoms with Gasteiger partial charge in [-0.25, -0.2) is 0 Å². The summed E-state index contributed by atoms with van der Waals surface area (Å²) < 4.78 is 5.26. The fourth-order valence-electron chi connectivity index (χ4n) is 1.95. The Morgan fingerprint density at radius 1 is 1.05 bits per heavy atom. The largest absolute Gasteiger partial charge is 0.496 e. The summed E-state index contributed by atoms with van der Waals surface area (Å²) >= 11 is 0. The molecule has 0 aliphatic rings. The Hall–Kier alpha value is -2.50. The number of allylic oxidation sites excluding steroid dienone is 1. The van der Waals surface area contributed by atoms with Crippen LogP contribution in [0.2, 0.25) is 0 Å². The van der Waals surface area contributed by atoms with Crippen LogP contribution in [0.4, 0.5) is 0 Å². The molecule has 0 aliphatic heterocycles. The number of ether oxygens (including phenoxy) is 1. The van der Waals surface area contributed by atoms with E-state index in [4.69, 9.17) is 4.74 Å². The molecule has 0 unspecified atom stereocenters. The average Bonchev–Trinajstić information content (AvgIpc) is 2.53. The van der Waals surface area contributed by atoms with E-state index in [0.29, 0.717) is 0 Å². The maximum absolute atomic E-state index is 10.4. The third-order valence-corrected chi connectivity index (χ3v) is 3.14. The molecule has 1 atom stereocenters. The van der Waals surface area contributed by atoms with Crippen molar-refractivity contribution in [2.24, 2.45) is 0 Å². The van der Waals surface area contributed by atoms with Crippen molar-refractivity contribution in [1.82, 2.24) is 0 Å². The van der Waals surface area contributed by atoms with Crippen LogP contribution >= 0.6 is 0 Å². The van der Waals surface area contributed by atoms with Crippen LogP contribution < -0.4 is 4.74 Å². The topological polar surface area (TPSA) is 29.5 Å². The summed E-state index contributed by atoms with van der Waals surface area (Å²) in [6, 6.07) is 17.1. The first kappa shape index (κ1) is 14.9. The summed E-state index contributed by atoms with van der Waals surface area (Å²) in [6.07, 6.45) is 3.59. The van der Waals surface area contributed by atoms with E-state index >= 15 is 0 Å². The highest BCUT2D eigenvalue weighted by Gasteiger charge is 2.18. The van der Waals surface area contributed by atoms with Crippen molar-refractivity contribution in [3.8, 4) is 17.6 Å². The highest BCUT2D eigenvalue weighted by Crippen LogP contribution is 2.20. The number of para-hydroxylation sites is 1. The average molecular weight is 278 g/mol. The molecule has 0 aliphatic carbocycles. The van der Waals surface area contributed by atoms with Crippen LogP contribution in [0.5, 0.6) is 5.75 Å². The molecule has 0 amide bonds. The van der Waals surface area contributed by atoms with E-state index in [9.17, 15) is 5.11 Å². The van der Waals surface area contributed by atoms with Gasteiger partial charge in [0.1, 0.15) is 11.4 Å². The van der Waals surface area contributed by atoms with Gasteiger partial charge in [0.25, 0.3) is 0 Å². The van der Waals surface area contributed by atoms with Gasteiger partial charge in [-0.2, -0.15) is 0 Å². The minimum absolute atomic E-state index is 0.781. The lowest BCUT2D eigenvalue weighted by Gasteiger charge is -2.16. The van der Waals surface area contributed by atoms with Crippen molar-refractivity contribution in [2.75, 3.05) is 7.11 Å². The molecule has 0 bridgehead atoms. The molecule has 0 saturated heterocycles. The molecule has 0 aromatic heterocycles. The molecule has 21 heavy (non-hydrogen) atoms. The Labute approximate surface area is 125 Å². The standard InChI is InChI=1S/C19H18O2/c1-19(20,17-12-4-3-5-13-17)15-9-8-11-16-10-6-7-14-18(16)21-2/h3-8,10-14,20H,1-2H3/b11-8-/t19-/m0/s1. The van der Waals surface area contributed by atoms with Gasteiger partial charge < -0.3 is 9.84 Å². The number of rotatable bonds is 3. The van der Waals surface area contributed by atoms with Crippen molar-refractivity contribution in [3.05, 3.63) is 71.8 Å².